The van der Waals surface area contributed by atoms with Crippen LogP contribution in [0.1, 0.15) is 31.7 Å². The predicted octanol–water partition coefficient (Wildman–Crippen LogP) is 4.19. The first-order valence-corrected chi connectivity index (χ1v) is 6.64. The van der Waals surface area contributed by atoms with Gasteiger partial charge >= 0.3 is 0 Å². The highest BCUT2D eigenvalue weighted by Crippen LogP contribution is 2.26. The number of halogens is 1. The van der Waals surface area contributed by atoms with Crippen LogP contribution in [0.5, 0.6) is 0 Å². The van der Waals surface area contributed by atoms with Crippen LogP contribution in [0.25, 0.3) is 10.9 Å². The topological polar surface area (TPSA) is 30.0 Å². The van der Waals surface area contributed by atoms with Gasteiger partial charge in [0.25, 0.3) is 0 Å². The van der Waals surface area contributed by atoms with Gasteiger partial charge in [-0.25, -0.2) is 0 Å². The summed E-state index contributed by atoms with van der Waals surface area (Å²) in [7, 11) is 0. The van der Waals surface area contributed by atoms with Crippen LogP contribution in [-0.2, 0) is 11.2 Å². The Morgan fingerprint density at radius 1 is 1.33 bits per heavy atom. The Bertz CT molecular complexity index is 565. The second-order valence-corrected chi connectivity index (χ2v) is 4.81. The molecule has 2 aromatic rings. The molecule has 1 heterocycles. The number of carbonyl (C=O) groups is 1. The molecule has 0 N–H and O–H groups in total. The van der Waals surface area contributed by atoms with Crippen LogP contribution < -0.4 is 0 Å². The summed E-state index contributed by atoms with van der Waals surface area (Å²) in [6, 6.07) is 7.71. The van der Waals surface area contributed by atoms with Crippen molar-refractivity contribution in [2.75, 3.05) is 0 Å². The first kappa shape index (κ1) is 13.0. The van der Waals surface area contributed by atoms with Crippen molar-refractivity contribution >= 4 is 28.3 Å². The van der Waals surface area contributed by atoms with Gasteiger partial charge in [-0.15, -0.1) is 0 Å². The second kappa shape index (κ2) is 5.96. The highest BCUT2D eigenvalue weighted by Gasteiger charge is 2.10. The van der Waals surface area contributed by atoms with E-state index in [1.807, 2.05) is 24.3 Å². The number of para-hydroxylation sites is 1. The zero-order chi connectivity index (χ0) is 13.0. The van der Waals surface area contributed by atoms with Gasteiger partial charge in [-0.05, 0) is 18.1 Å². The van der Waals surface area contributed by atoms with Crippen LogP contribution in [0.15, 0.2) is 30.5 Å². The van der Waals surface area contributed by atoms with Crippen molar-refractivity contribution in [1.29, 1.82) is 0 Å². The molecule has 0 spiro atoms. The van der Waals surface area contributed by atoms with Gasteiger partial charge in [0, 0.05) is 24.4 Å². The van der Waals surface area contributed by atoms with Gasteiger partial charge in [-0.2, -0.15) is 0 Å². The number of carbonyl (C=O) groups excluding carboxylic acids is 1. The zero-order valence-electron chi connectivity index (χ0n) is 10.4. The van der Waals surface area contributed by atoms with E-state index >= 15 is 0 Å². The van der Waals surface area contributed by atoms with Gasteiger partial charge in [-0.1, -0.05) is 43.1 Å². The minimum atomic E-state index is 0.232. The summed E-state index contributed by atoms with van der Waals surface area (Å²) >= 11 is 6.33. The zero-order valence-corrected chi connectivity index (χ0v) is 11.2. The van der Waals surface area contributed by atoms with E-state index < -0.39 is 0 Å². The van der Waals surface area contributed by atoms with Gasteiger partial charge in [0.1, 0.15) is 5.78 Å². The lowest BCUT2D eigenvalue weighted by molar-refractivity contribution is -0.118. The maximum absolute atomic E-state index is 11.8. The quantitative estimate of drug-likeness (QED) is 0.808. The Morgan fingerprint density at radius 2 is 2.11 bits per heavy atom. The molecule has 1 aromatic heterocycles. The normalized spacial score (nSPS) is 10.8. The lowest BCUT2D eigenvalue weighted by Crippen LogP contribution is -2.03. The lowest BCUT2D eigenvalue weighted by Gasteiger charge is -2.06. The van der Waals surface area contributed by atoms with E-state index in [4.69, 9.17) is 11.6 Å². The van der Waals surface area contributed by atoms with E-state index in [0.29, 0.717) is 17.9 Å². The summed E-state index contributed by atoms with van der Waals surface area (Å²) in [5.41, 5.74) is 1.70. The highest BCUT2D eigenvalue weighted by molar-refractivity contribution is 6.36. The molecule has 0 unspecified atom stereocenters. The van der Waals surface area contributed by atoms with Gasteiger partial charge < -0.3 is 0 Å². The third-order valence-electron chi connectivity index (χ3n) is 2.98. The fourth-order valence-corrected chi connectivity index (χ4v) is 2.22. The molecule has 0 bridgehead atoms. The van der Waals surface area contributed by atoms with Crippen molar-refractivity contribution in [3.63, 3.8) is 0 Å². The summed E-state index contributed by atoms with van der Waals surface area (Å²) in [6.07, 6.45) is 4.71. The largest absolute Gasteiger partial charge is 0.299 e. The van der Waals surface area contributed by atoms with Crippen molar-refractivity contribution in [2.24, 2.45) is 0 Å². The van der Waals surface area contributed by atoms with E-state index in [2.05, 4.69) is 11.9 Å². The SMILES string of the molecule is CCCCC(=O)Cc1cnc2ccccc2c1Cl. The molecule has 18 heavy (non-hydrogen) atoms. The van der Waals surface area contributed by atoms with Gasteiger partial charge in [-0.3, -0.25) is 9.78 Å². The first-order chi connectivity index (χ1) is 8.72. The van der Waals surface area contributed by atoms with E-state index in [-0.39, 0.29) is 5.78 Å². The molecule has 0 amide bonds. The third-order valence-corrected chi connectivity index (χ3v) is 3.43. The standard InChI is InChI=1S/C15H16ClNO/c1-2-3-6-12(18)9-11-10-17-14-8-5-4-7-13(14)15(11)16/h4-5,7-8,10H,2-3,6,9H2,1H3. The molecule has 0 atom stereocenters. The Balaban J connectivity index is 2.24. The summed E-state index contributed by atoms with van der Waals surface area (Å²) < 4.78 is 0. The number of hydrogen-bond donors (Lipinski definition) is 0. The molecule has 3 heteroatoms. The number of aromatic nitrogens is 1. The van der Waals surface area contributed by atoms with E-state index in [0.717, 1.165) is 29.3 Å². The van der Waals surface area contributed by atoms with Crippen LogP contribution in [0.4, 0.5) is 0 Å². The maximum Gasteiger partial charge on any atom is 0.137 e. The first-order valence-electron chi connectivity index (χ1n) is 6.26. The average Bonchev–Trinajstić information content (AvgIpc) is 2.40. The van der Waals surface area contributed by atoms with Gasteiger partial charge in [0.15, 0.2) is 0 Å². The molecule has 0 aliphatic heterocycles. The summed E-state index contributed by atoms with van der Waals surface area (Å²) in [6.45, 7) is 2.08. The number of hydrogen-bond acceptors (Lipinski definition) is 2. The predicted molar refractivity (Wildman–Crippen MR) is 75.0 cm³/mol. The number of pyridine rings is 1. The summed E-state index contributed by atoms with van der Waals surface area (Å²) in [4.78, 5) is 16.1. The number of nitrogens with zero attached hydrogens (tertiary/aromatic N) is 1. The minimum absolute atomic E-state index is 0.232. The fourth-order valence-electron chi connectivity index (χ4n) is 1.95. The molecule has 2 nitrogen and oxygen atoms in total. The number of unbranched alkanes of at least 4 members (excludes halogenated alkanes) is 1. The molecule has 0 radical (unpaired) electrons. The Labute approximate surface area is 112 Å². The average molecular weight is 262 g/mol. The summed E-state index contributed by atoms with van der Waals surface area (Å²) in [5, 5.41) is 1.57. The summed E-state index contributed by atoms with van der Waals surface area (Å²) in [5.74, 6) is 0.232. The monoisotopic (exact) mass is 261 g/mol. The Hall–Kier alpha value is -1.41. The minimum Gasteiger partial charge on any atom is -0.299 e. The molecule has 1 aromatic carbocycles. The molecule has 0 saturated heterocycles. The molecule has 0 saturated carbocycles. The van der Waals surface area contributed by atoms with Gasteiger partial charge in [0.2, 0.25) is 0 Å². The molecule has 0 fully saturated rings. The lowest BCUT2D eigenvalue weighted by atomic mass is 10.0. The van der Waals surface area contributed by atoms with Crippen molar-refractivity contribution in [3.8, 4) is 0 Å². The second-order valence-electron chi connectivity index (χ2n) is 4.43. The van der Waals surface area contributed by atoms with Crippen LogP contribution in [0, 0.1) is 0 Å². The van der Waals surface area contributed by atoms with Crippen molar-refractivity contribution in [3.05, 3.63) is 41.0 Å². The van der Waals surface area contributed by atoms with Crippen LogP contribution in [-0.4, -0.2) is 10.8 Å². The Morgan fingerprint density at radius 3 is 2.89 bits per heavy atom. The molecular formula is C15H16ClNO. The van der Waals surface area contributed by atoms with Crippen molar-refractivity contribution in [1.82, 2.24) is 4.98 Å². The number of Topliss-reactive ketones (excluding diaryl/α,β-unsaturated/α-hetero) is 1. The smallest absolute Gasteiger partial charge is 0.137 e. The number of rotatable bonds is 5. The van der Waals surface area contributed by atoms with E-state index in [1.165, 1.54) is 0 Å². The Kier molecular flexibility index (Phi) is 4.32. The highest BCUT2D eigenvalue weighted by atomic mass is 35.5. The maximum atomic E-state index is 11.8. The molecule has 94 valence electrons. The molecule has 0 aliphatic carbocycles. The van der Waals surface area contributed by atoms with E-state index in [1.54, 1.807) is 6.20 Å². The molecular weight excluding hydrogens is 246 g/mol. The van der Waals surface area contributed by atoms with Crippen molar-refractivity contribution in [2.45, 2.75) is 32.6 Å². The number of fused-ring (bicyclic) bond motifs is 1. The third kappa shape index (κ3) is 2.88. The van der Waals surface area contributed by atoms with Crippen molar-refractivity contribution < 1.29 is 4.79 Å². The van der Waals surface area contributed by atoms with Crippen LogP contribution in [0.3, 0.4) is 0 Å². The van der Waals surface area contributed by atoms with E-state index in [9.17, 15) is 4.79 Å². The molecule has 0 aliphatic rings. The van der Waals surface area contributed by atoms with Crippen LogP contribution in [0.2, 0.25) is 5.02 Å². The number of ketones is 1. The fraction of sp³-hybridized carbons (Fsp3) is 0.333. The van der Waals surface area contributed by atoms with Crippen LogP contribution >= 0.6 is 11.6 Å². The van der Waals surface area contributed by atoms with Gasteiger partial charge in [0.05, 0.1) is 10.5 Å². The number of benzene rings is 1. The molecule has 2 rings (SSSR count).